The summed E-state index contributed by atoms with van der Waals surface area (Å²) in [6.45, 7) is 6.15. The molecule has 1 aromatic heterocycles. The highest BCUT2D eigenvalue weighted by atomic mass is 16.6. The number of fused-ring (bicyclic) bond motifs is 6. The largest absolute Gasteiger partial charge is 0.496 e. The standard InChI is InChI=1S/C31H35NO5/c1-31(2,3)37-30(35)27-22-16-32-23(25-19(26(22)27)11-8-12-20(25)29(33)34)15-21-24(36-4)14-13-18(28(21)32)17-9-6-5-7-10-17/h8,11,13-15,17,20,25H,5-7,9-10,12,16H2,1-4H3,(H,33,34)/t20-,25-/m1/s1. The fraction of sp³-hybridized carbons (Fsp3) is 0.484. The van der Waals surface area contributed by atoms with Gasteiger partial charge in [0.25, 0.3) is 0 Å². The van der Waals surface area contributed by atoms with Crippen LogP contribution in [0.1, 0.15) is 82.4 Å². The molecule has 1 aromatic carbocycles. The van der Waals surface area contributed by atoms with Gasteiger partial charge in [0, 0.05) is 23.5 Å². The lowest BCUT2D eigenvalue weighted by molar-refractivity contribution is -0.149. The van der Waals surface area contributed by atoms with Crippen molar-refractivity contribution in [2.45, 2.75) is 83.3 Å². The molecule has 6 rings (SSSR count). The zero-order valence-corrected chi connectivity index (χ0v) is 22.1. The molecule has 1 fully saturated rings. The quantitative estimate of drug-likeness (QED) is 0.490. The van der Waals surface area contributed by atoms with E-state index in [1.54, 1.807) is 7.11 Å². The molecule has 2 heterocycles. The van der Waals surface area contributed by atoms with Crippen molar-refractivity contribution in [1.82, 2.24) is 4.57 Å². The van der Waals surface area contributed by atoms with E-state index in [4.69, 9.17) is 9.47 Å². The number of carboxylic acids is 1. The van der Waals surface area contributed by atoms with Crippen molar-refractivity contribution in [2.24, 2.45) is 5.92 Å². The molecule has 0 spiro atoms. The Morgan fingerprint density at radius 1 is 1.11 bits per heavy atom. The summed E-state index contributed by atoms with van der Waals surface area (Å²) in [5.41, 5.74) is 6.26. The second-order valence-corrected chi connectivity index (χ2v) is 11.9. The monoisotopic (exact) mass is 501 g/mol. The first-order valence-electron chi connectivity index (χ1n) is 13.5. The molecule has 0 amide bonds. The first-order valence-corrected chi connectivity index (χ1v) is 13.5. The normalized spacial score (nSPS) is 23.4. The minimum absolute atomic E-state index is 0.320. The van der Waals surface area contributed by atoms with Crippen LogP contribution in [0, 0.1) is 5.92 Å². The third-order valence-electron chi connectivity index (χ3n) is 8.41. The van der Waals surface area contributed by atoms with Crippen molar-refractivity contribution in [3.8, 4) is 5.75 Å². The number of carbonyl (C=O) groups excluding carboxylic acids is 1. The van der Waals surface area contributed by atoms with Crippen LogP contribution in [0.25, 0.3) is 10.9 Å². The third-order valence-corrected chi connectivity index (χ3v) is 8.41. The molecule has 2 atom stereocenters. The van der Waals surface area contributed by atoms with Crippen molar-refractivity contribution < 1.29 is 24.2 Å². The Balaban J connectivity index is 1.59. The number of aromatic nitrogens is 1. The molecule has 194 valence electrons. The number of carboxylic acid groups (broad SMARTS) is 1. The van der Waals surface area contributed by atoms with Gasteiger partial charge in [-0.05, 0) is 80.4 Å². The summed E-state index contributed by atoms with van der Waals surface area (Å²) in [6, 6.07) is 6.42. The highest BCUT2D eigenvalue weighted by Gasteiger charge is 2.48. The maximum absolute atomic E-state index is 13.2. The van der Waals surface area contributed by atoms with Crippen LogP contribution in [0.15, 0.2) is 52.6 Å². The number of nitrogens with zero attached hydrogens (tertiary/aromatic N) is 1. The predicted octanol–water partition coefficient (Wildman–Crippen LogP) is 6.40. The van der Waals surface area contributed by atoms with Gasteiger partial charge in [-0.1, -0.05) is 37.5 Å². The van der Waals surface area contributed by atoms with E-state index in [1.807, 2.05) is 32.9 Å². The Morgan fingerprint density at radius 2 is 1.86 bits per heavy atom. The molecular formula is C31H35NO5. The Kier molecular flexibility index (Phi) is 5.62. The molecule has 1 aliphatic heterocycles. The first kappa shape index (κ1) is 24.1. The molecule has 6 heteroatoms. The molecule has 2 aromatic rings. The molecule has 6 nitrogen and oxygen atoms in total. The molecule has 4 aliphatic rings. The summed E-state index contributed by atoms with van der Waals surface area (Å²) in [5.74, 6) is -0.801. The fourth-order valence-corrected chi connectivity index (χ4v) is 6.81. The lowest BCUT2D eigenvalue weighted by atomic mass is 9.76. The zero-order valence-electron chi connectivity index (χ0n) is 22.1. The minimum Gasteiger partial charge on any atom is -0.496 e. The van der Waals surface area contributed by atoms with Crippen molar-refractivity contribution in [2.75, 3.05) is 7.11 Å². The number of ether oxygens (including phenoxy) is 2. The highest BCUT2D eigenvalue weighted by Crippen LogP contribution is 2.55. The average Bonchev–Trinajstić information content (AvgIpc) is 3.49. The summed E-state index contributed by atoms with van der Waals surface area (Å²) >= 11 is 0. The molecule has 1 N–H and O–H groups in total. The second-order valence-electron chi connectivity index (χ2n) is 11.9. The van der Waals surface area contributed by atoms with Crippen LogP contribution in [0.4, 0.5) is 0 Å². The molecule has 3 aliphatic carbocycles. The van der Waals surface area contributed by atoms with Gasteiger partial charge in [0.1, 0.15) is 11.4 Å². The van der Waals surface area contributed by atoms with Crippen molar-refractivity contribution >= 4 is 22.8 Å². The number of hydrogen-bond acceptors (Lipinski definition) is 4. The van der Waals surface area contributed by atoms with Crippen LogP contribution >= 0.6 is 0 Å². The van der Waals surface area contributed by atoms with E-state index in [1.165, 1.54) is 24.8 Å². The number of benzene rings is 1. The Morgan fingerprint density at radius 3 is 2.54 bits per heavy atom. The van der Waals surface area contributed by atoms with Crippen molar-refractivity contribution in [3.63, 3.8) is 0 Å². The maximum Gasteiger partial charge on any atom is 0.339 e. The van der Waals surface area contributed by atoms with E-state index in [0.717, 1.165) is 51.9 Å². The zero-order chi connectivity index (χ0) is 26.1. The van der Waals surface area contributed by atoms with E-state index in [-0.39, 0.29) is 11.9 Å². The number of rotatable bonds is 4. The van der Waals surface area contributed by atoms with Gasteiger partial charge >= 0.3 is 11.9 Å². The Hall–Kier alpha value is -3.28. The van der Waals surface area contributed by atoms with Gasteiger partial charge in [0.15, 0.2) is 0 Å². The summed E-state index contributed by atoms with van der Waals surface area (Å²) in [5, 5.41) is 11.3. The summed E-state index contributed by atoms with van der Waals surface area (Å²) in [6.07, 6.45) is 10.5. The minimum atomic E-state index is -0.813. The van der Waals surface area contributed by atoms with Crippen molar-refractivity contribution in [3.05, 3.63) is 63.9 Å². The number of aliphatic carboxylic acids is 1. The van der Waals surface area contributed by atoms with Gasteiger partial charge in [0.2, 0.25) is 0 Å². The summed E-state index contributed by atoms with van der Waals surface area (Å²) in [4.78, 5) is 25.7. The van der Waals surface area contributed by atoms with Gasteiger partial charge < -0.3 is 19.1 Å². The maximum atomic E-state index is 13.2. The van der Waals surface area contributed by atoms with Gasteiger partial charge in [-0.3, -0.25) is 4.79 Å². The number of esters is 1. The number of carbonyl (C=O) groups is 2. The fourth-order valence-electron chi connectivity index (χ4n) is 6.81. The lowest BCUT2D eigenvalue weighted by Gasteiger charge is -2.29. The van der Waals surface area contributed by atoms with E-state index in [9.17, 15) is 14.7 Å². The summed E-state index contributed by atoms with van der Waals surface area (Å²) in [7, 11) is 1.69. The first-order chi connectivity index (χ1) is 17.7. The van der Waals surface area contributed by atoms with Gasteiger partial charge in [-0.25, -0.2) is 4.79 Å². The smallest absolute Gasteiger partial charge is 0.339 e. The predicted molar refractivity (Wildman–Crippen MR) is 142 cm³/mol. The van der Waals surface area contributed by atoms with Gasteiger partial charge in [0.05, 0.1) is 24.1 Å². The lowest BCUT2D eigenvalue weighted by Crippen LogP contribution is -2.27. The number of hydrogen-bond donors (Lipinski definition) is 1. The Bertz CT molecular complexity index is 1410. The van der Waals surface area contributed by atoms with Crippen LogP contribution in [0.3, 0.4) is 0 Å². The molecule has 0 unspecified atom stereocenters. The van der Waals surface area contributed by atoms with Crippen LogP contribution in [0.2, 0.25) is 0 Å². The SMILES string of the molecule is COc1ccc(C2CCCCC2)c2c1cc1n2CC2=C(C(=O)OC(C)(C)C)C2=C2C=CC[C@@H](C(=O)O)[C@@H]21. The summed E-state index contributed by atoms with van der Waals surface area (Å²) < 4.78 is 13.9. The number of methoxy groups -OCH3 is 1. The Labute approximate surface area is 217 Å². The molecule has 0 saturated heterocycles. The van der Waals surface area contributed by atoms with Gasteiger partial charge in [-0.15, -0.1) is 0 Å². The van der Waals surface area contributed by atoms with Crippen LogP contribution in [-0.2, 0) is 20.9 Å². The molecule has 0 bridgehead atoms. The average molecular weight is 502 g/mol. The molecular weight excluding hydrogens is 466 g/mol. The van der Waals surface area contributed by atoms with Crippen molar-refractivity contribution in [1.29, 1.82) is 0 Å². The van der Waals surface area contributed by atoms with E-state index in [2.05, 4.69) is 22.8 Å². The second kappa shape index (κ2) is 8.64. The molecule has 37 heavy (non-hydrogen) atoms. The van der Waals surface area contributed by atoms with Crippen LogP contribution in [0.5, 0.6) is 5.75 Å². The van der Waals surface area contributed by atoms with E-state index < -0.39 is 17.5 Å². The van der Waals surface area contributed by atoms with E-state index >= 15 is 0 Å². The topological polar surface area (TPSA) is 77.8 Å². The van der Waals surface area contributed by atoms with E-state index in [0.29, 0.717) is 24.5 Å². The molecule has 0 radical (unpaired) electrons. The molecule has 1 saturated carbocycles. The highest BCUT2D eigenvalue weighted by molar-refractivity contribution is 6.06. The number of allylic oxidation sites excluding steroid dienone is 4. The van der Waals surface area contributed by atoms with Crippen LogP contribution < -0.4 is 4.74 Å². The third kappa shape index (κ3) is 3.92. The van der Waals surface area contributed by atoms with Crippen LogP contribution in [-0.4, -0.2) is 34.3 Å². The van der Waals surface area contributed by atoms with Gasteiger partial charge in [-0.2, -0.15) is 0 Å².